The molecule has 2 N–H and O–H groups in total. The average molecular weight is 376 g/mol. The normalized spacial score (nSPS) is 15.9. The van der Waals surface area contributed by atoms with Gasteiger partial charge in [-0.05, 0) is 61.7 Å². The molecule has 1 aromatic carbocycles. The number of carbonyl (C=O) groups excluding carboxylic acids is 2. The van der Waals surface area contributed by atoms with E-state index in [0.717, 1.165) is 16.9 Å². The quantitative estimate of drug-likeness (QED) is 0.728. The molecule has 0 fully saturated rings. The van der Waals surface area contributed by atoms with E-state index in [1.54, 1.807) is 12.3 Å². The van der Waals surface area contributed by atoms with E-state index in [9.17, 15) is 14.4 Å². The third-order valence-electron chi connectivity index (χ3n) is 4.98. The molecular weight excluding hydrogens is 356 g/mol. The van der Waals surface area contributed by atoms with Crippen LogP contribution in [0.4, 0.5) is 5.69 Å². The number of benzene rings is 1. The number of aryl methyl sites for hydroxylation is 2. The predicted molar refractivity (Wildman–Crippen MR) is 105 cm³/mol. The lowest BCUT2D eigenvalue weighted by Crippen LogP contribution is -2.29. The molecule has 0 bridgehead atoms. The number of anilines is 1. The first-order valence-electron chi connectivity index (χ1n) is 9.13. The zero-order valence-corrected chi connectivity index (χ0v) is 15.7. The summed E-state index contributed by atoms with van der Waals surface area (Å²) < 4.78 is 5.41. The highest BCUT2D eigenvalue weighted by Gasteiger charge is 2.30. The maximum atomic E-state index is 12.6. The van der Waals surface area contributed by atoms with E-state index in [0.29, 0.717) is 23.4 Å². The minimum atomic E-state index is -0.532. The largest absolute Gasteiger partial charge is 0.469 e. The average Bonchev–Trinajstić information content (AvgIpc) is 3.14. The van der Waals surface area contributed by atoms with Crippen LogP contribution in [0.5, 0.6) is 0 Å². The fraction of sp³-hybridized carbons (Fsp3) is 0.227. The van der Waals surface area contributed by atoms with Crippen molar-refractivity contribution in [2.24, 2.45) is 0 Å². The number of hydrogen-bond acceptors (Lipinski definition) is 4. The molecule has 2 aromatic heterocycles. The van der Waals surface area contributed by atoms with Crippen LogP contribution in [0.15, 0.2) is 51.9 Å². The van der Waals surface area contributed by atoms with E-state index < -0.39 is 11.5 Å². The van der Waals surface area contributed by atoms with Gasteiger partial charge >= 0.3 is 0 Å². The van der Waals surface area contributed by atoms with Crippen molar-refractivity contribution in [1.82, 2.24) is 4.98 Å². The second-order valence-corrected chi connectivity index (χ2v) is 7.28. The standard InChI is InChI=1S/C22H20N2O4/c1-12-6-13(2)8-15(7-12)23-21(26)17-11-16-18(24-22(17)27)9-14(10-19(16)25)20-4-3-5-28-20/h3-8,11,14H,9-10H2,1-2H3,(H,23,26)(H,24,27)/t14-/m0/s1. The third-order valence-corrected chi connectivity index (χ3v) is 4.98. The van der Waals surface area contributed by atoms with Gasteiger partial charge in [-0.3, -0.25) is 14.4 Å². The van der Waals surface area contributed by atoms with Crippen LogP contribution < -0.4 is 10.9 Å². The van der Waals surface area contributed by atoms with Crippen LogP contribution in [0, 0.1) is 13.8 Å². The summed E-state index contributed by atoms with van der Waals surface area (Å²) in [5, 5.41) is 2.75. The van der Waals surface area contributed by atoms with E-state index in [1.807, 2.05) is 38.1 Å². The van der Waals surface area contributed by atoms with Gasteiger partial charge in [0.2, 0.25) is 0 Å². The highest BCUT2D eigenvalue weighted by molar-refractivity contribution is 6.06. The molecule has 1 aliphatic rings. The summed E-state index contributed by atoms with van der Waals surface area (Å²) in [4.78, 5) is 40.5. The van der Waals surface area contributed by atoms with Gasteiger partial charge in [0.15, 0.2) is 5.78 Å². The molecule has 1 amide bonds. The number of Topliss-reactive ketones (excluding diaryl/α,β-unsaturated/α-hetero) is 1. The number of amides is 1. The Bertz CT molecular complexity index is 1110. The van der Waals surface area contributed by atoms with Crippen molar-refractivity contribution in [2.75, 3.05) is 5.32 Å². The van der Waals surface area contributed by atoms with Gasteiger partial charge in [0.05, 0.1) is 6.26 Å². The van der Waals surface area contributed by atoms with Crippen LogP contribution in [-0.4, -0.2) is 16.7 Å². The van der Waals surface area contributed by atoms with Crippen molar-refractivity contribution < 1.29 is 14.0 Å². The van der Waals surface area contributed by atoms with Crippen molar-refractivity contribution >= 4 is 17.4 Å². The molecule has 0 saturated heterocycles. The minimum Gasteiger partial charge on any atom is -0.469 e. The van der Waals surface area contributed by atoms with Crippen LogP contribution in [0.1, 0.15) is 55.6 Å². The smallest absolute Gasteiger partial charge is 0.261 e. The molecule has 1 atom stereocenters. The number of fused-ring (bicyclic) bond motifs is 1. The predicted octanol–water partition coefficient (Wildman–Crippen LogP) is 3.75. The van der Waals surface area contributed by atoms with E-state index in [4.69, 9.17) is 4.42 Å². The van der Waals surface area contributed by atoms with Crippen molar-refractivity contribution in [3.05, 3.63) is 86.7 Å². The monoisotopic (exact) mass is 376 g/mol. The molecule has 3 aromatic rings. The SMILES string of the molecule is Cc1cc(C)cc(NC(=O)c2cc3c([nH]c2=O)C[C@H](c2ccco2)CC3=O)c1. The molecule has 142 valence electrons. The molecular formula is C22H20N2O4. The highest BCUT2D eigenvalue weighted by Crippen LogP contribution is 2.31. The lowest BCUT2D eigenvalue weighted by atomic mass is 9.84. The molecule has 0 aliphatic heterocycles. The Labute approximate surface area is 161 Å². The summed E-state index contributed by atoms with van der Waals surface area (Å²) >= 11 is 0. The van der Waals surface area contributed by atoms with E-state index >= 15 is 0 Å². The molecule has 0 radical (unpaired) electrons. The summed E-state index contributed by atoms with van der Waals surface area (Å²) in [6.45, 7) is 3.87. The summed E-state index contributed by atoms with van der Waals surface area (Å²) in [6.07, 6.45) is 2.34. The maximum absolute atomic E-state index is 12.6. The first kappa shape index (κ1) is 18.0. The van der Waals surface area contributed by atoms with Gasteiger partial charge in [-0.1, -0.05) is 6.07 Å². The first-order valence-corrected chi connectivity index (χ1v) is 9.13. The summed E-state index contributed by atoms with van der Waals surface area (Å²) in [5.41, 5.74) is 3.00. The minimum absolute atomic E-state index is 0.0669. The molecule has 6 heteroatoms. The number of nitrogens with one attached hydrogen (secondary N) is 2. The summed E-state index contributed by atoms with van der Waals surface area (Å²) in [5.74, 6) is -0.0357. The van der Waals surface area contributed by atoms with Gasteiger partial charge in [-0.2, -0.15) is 0 Å². The first-order chi connectivity index (χ1) is 13.4. The number of hydrogen-bond donors (Lipinski definition) is 2. The lowest BCUT2D eigenvalue weighted by Gasteiger charge is -2.22. The number of H-pyrrole nitrogens is 1. The number of carbonyl (C=O) groups is 2. The topological polar surface area (TPSA) is 92.2 Å². The third kappa shape index (κ3) is 3.41. The van der Waals surface area contributed by atoms with Gasteiger partial charge < -0.3 is 14.7 Å². The fourth-order valence-corrected chi connectivity index (χ4v) is 3.77. The number of aromatic nitrogens is 1. The second-order valence-electron chi connectivity index (χ2n) is 7.28. The summed E-state index contributed by atoms with van der Waals surface area (Å²) in [7, 11) is 0. The lowest BCUT2D eigenvalue weighted by molar-refractivity contribution is 0.0959. The van der Waals surface area contributed by atoms with Crippen LogP contribution in [0.2, 0.25) is 0 Å². The van der Waals surface area contributed by atoms with Crippen LogP contribution >= 0.6 is 0 Å². The number of pyridine rings is 1. The highest BCUT2D eigenvalue weighted by atomic mass is 16.3. The molecule has 1 aliphatic carbocycles. The molecule has 4 rings (SSSR count). The van der Waals surface area contributed by atoms with Crippen molar-refractivity contribution in [3.8, 4) is 0 Å². The second kappa shape index (κ2) is 6.96. The van der Waals surface area contributed by atoms with Crippen molar-refractivity contribution in [3.63, 3.8) is 0 Å². The number of ketones is 1. The zero-order valence-electron chi connectivity index (χ0n) is 15.7. The van der Waals surface area contributed by atoms with Gasteiger partial charge in [0.1, 0.15) is 11.3 Å². The van der Waals surface area contributed by atoms with Gasteiger partial charge in [0, 0.05) is 29.3 Å². The van der Waals surface area contributed by atoms with E-state index in [2.05, 4.69) is 10.3 Å². The molecule has 6 nitrogen and oxygen atoms in total. The van der Waals surface area contributed by atoms with Crippen molar-refractivity contribution in [2.45, 2.75) is 32.6 Å². The van der Waals surface area contributed by atoms with Crippen LogP contribution in [0.3, 0.4) is 0 Å². The molecule has 2 heterocycles. The van der Waals surface area contributed by atoms with Gasteiger partial charge in [-0.25, -0.2) is 0 Å². The summed E-state index contributed by atoms with van der Waals surface area (Å²) in [6, 6.07) is 10.7. The Hall–Kier alpha value is -3.41. The maximum Gasteiger partial charge on any atom is 0.261 e. The molecule has 28 heavy (non-hydrogen) atoms. The van der Waals surface area contributed by atoms with E-state index in [1.165, 1.54) is 6.07 Å². The Kier molecular flexibility index (Phi) is 4.47. The molecule has 0 spiro atoms. The Morgan fingerprint density at radius 3 is 2.54 bits per heavy atom. The van der Waals surface area contributed by atoms with Crippen LogP contribution in [-0.2, 0) is 6.42 Å². The Morgan fingerprint density at radius 2 is 1.86 bits per heavy atom. The molecule has 0 saturated carbocycles. The number of aromatic amines is 1. The van der Waals surface area contributed by atoms with E-state index in [-0.39, 0.29) is 23.7 Å². The van der Waals surface area contributed by atoms with Crippen molar-refractivity contribution in [1.29, 1.82) is 0 Å². The molecule has 0 unspecified atom stereocenters. The number of rotatable bonds is 3. The fourth-order valence-electron chi connectivity index (χ4n) is 3.77. The number of furan rings is 1. The Balaban J connectivity index is 1.63. The van der Waals surface area contributed by atoms with Crippen LogP contribution in [0.25, 0.3) is 0 Å². The van der Waals surface area contributed by atoms with Gasteiger partial charge in [-0.15, -0.1) is 0 Å². The zero-order chi connectivity index (χ0) is 19.8. The Morgan fingerprint density at radius 1 is 1.11 bits per heavy atom. The van der Waals surface area contributed by atoms with Gasteiger partial charge in [0.25, 0.3) is 11.5 Å².